The molecule has 0 aromatic heterocycles. The normalized spacial score (nSPS) is 20.2. The van der Waals surface area contributed by atoms with Crippen molar-refractivity contribution >= 4 is 18.3 Å². The minimum absolute atomic E-state index is 0. The molecule has 0 bridgehead atoms. The topological polar surface area (TPSA) is 73.6 Å². The second-order valence-corrected chi connectivity index (χ2v) is 4.58. The number of hydrogen-bond acceptors (Lipinski definition) is 4. The molecule has 2 atom stereocenters. The maximum atomic E-state index is 11.4. The van der Waals surface area contributed by atoms with Crippen LogP contribution in [0.25, 0.3) is 0 Å². The zero-order valence-electron chi connectivity index (χ0n) is 11.0. The molecule has 1 saturated heterocycles. The van der Waals surface area contributed by atoms with Gasteiger partial charge in [-0.1, -0.05) is 0 Å². The zero-order valence-corrected chi connectivity index (χ0v) is 11.8. The maximum absolute atomic E-state index is 11.4. The summed E-state index contributed by atoms with van der Waals surface area (Å²) in [4.78, 5) is 11.4. The highest BCUT2D eigenvalue weighted by Crippen LogP contribution is 2.11. The van der Waals surface area contributed by atoms with E-state index in [1.165, 1.54) is 0 Å². The number of amides is 1. The Labute approximate surface area is 115 Å². The van der Waals surface area contributed by atoms with Crippen molar-refractivity contribution in [2.45, 2.75) is 44.8 Å². The lowest BCUT2D eigenvalue weighted by molar-refractivity contribution is -0.122. The molecular weight excluding hydrogens is 256 g/mol. The third kappa shape index (κ3) is 8.69. The molecule has 1 rings (SSSR count). The summed E-state index contributed by atoms with van der Waals surface area (Å²) < 4.78 is 10.8. The first-order chi connectivity index (χ1) is 8.18. The Kier molecular flexibility index (Phi) is 10.3. The van der Waals surface area contributed by atoms with Crippen molar-refractivity contribution in [2.75, 3.05) is 26.4 Å². The molecule has 6 heteroatoms. The smallest absolute Gasteiger partial charge is 0.222 e. The van der Waals surface area contributed by atoms with Crippen LogP contribution in [0.3, 0.4) is 0 Å². The Balaban J connectivity index is 0.00000289. The molecule has 0 saturated carbocycles. The van der Waals surface area contributed by atoms with Crippen molar-refractivity contribution in [3.8, 4) is 0 Å². The third-order valence-corrected chi connectivity index (χ3v) is 2.72. The molecule has 2 unspecified atom stereocenters. The van der Waals surface area contributed by atoms with Crippen LogP contribution in [0.2, 0.25) is 0 Å². The number of halogens is 1. The van der Waals surface area contributed by atoms with Gasteiger partial charge in [0.25, 0.3) is 0 Å². The van der Waals surface area contributed by atoms with Gasteiger partial charge in [-0.2, -0.15) is 0 Å². The van der Waals surface area contributed by atoms with Crippen LogP contribution in [0.4, 0.5) is 0 Å². The molecule has 0 spiro atoms. The molecule has 1 aliphatic rings. The molecule has 0 radical (unpaired) electrons. The van der Waals surface area contributed by atoms with Crippen LogP contribution in [0.5, 0.6) is 0 Å². The number of rotatable bonds is 8. The van der Waals surface area contributed by atoms with Crippen molar-refractivity contribution in [2.24, 2.45) is 5.73 Å². The molecule has 0 aromatic rings. The van der Waals surface area contributed by atoms with Crippen molar-refractivity contribution in [3.63, 3.8) is 0 Å². The Morgan fingerprint density at radius 1 is 1.61 bits per heavy atom. The molecule has 0 aliphatic carbocycles. The van der Waals surface area contributed by atoms with Gasteiger partial charge in [0.2, 0.25) is 5.91 Å². The number of carbonyl (C=O) groups excluding carboxylic acids is 1. The molecule has 0 aromatic carbocycles. The quantitative estimate of drug-likeness (QED) is 0.647. The van der Waals surface area contributed by atoms with Crippen molar-refractivity contribution in [3.05, 3.63) is 0 Å². The SMILES string of the molecule is CC(N)CCNC(=O)CCOCC1CCCO1.Cl. The maximum Gasteiger partial charge on any atom is 0.222 e. The van der Waals surface area contributed by atoms with Crippen LogP contribution in [0, 0.1) is 0 Å². The Hall–Kier alpha value is -0.360. The molecule has 18 heavy (non-hydrogen) atoms. The summed E-state index contributed by atoms with van der Waals surface area (Å²) in [6.07, 6.45) is 3.64. The molecule has 5 nitrogen and oxygen atoms in total. The van der Waals surface area contributed by atoms with Gasteiger partial charge in [0, 0.05) is 25.6 Å². The zero-order chi connectivity index (χ0) is 12.5. The van der Waals surface area contributed by atoms with Gasteiger partial charge in [-0.05, 0) is 26.2 Å². The van der Waals surface area contributed by atoms with Gasteiger partial charge in [0.05, 0.1) is 19.3 Å². The van der Waals surface area contributed by atoms with E-state index in [2.05, 4.69) is 5.32 Å². The Bertz CT molecular complexity index is 221. The van der Waals surface area contributed by atoms with Crippen molar-refractivity contribution in [1.82, 2.24) is 5.32 Å². The first-order valence-corrected chi connectivity index (χ1v) is 6.40. The van der Waals surface area contributed by atoms with Gasteiger partial charge < -0.3 is 20.5 Å². The minimum atomic E-state index is 0. The van der Waals surface area contributed by atoms with Gasteiger partial charge in [0.1, 0.15) is 0 Å². The van der Waals surface area contributed by atoms with Crippen LogP contribution in [-0.4, -0.2) is 44.4 Å². The Morgan fingerprint density at radius 2 is 2.39 bits per heavy atom. The van der Waals surface area contributed by atoms with Crippen LogP contribution in [0.1, 0.15) is 32.6 Å². The summed E-state index contributed by atoms with van der Waals surface area (Å²) in [5.41, 5.74) is 5.58. The molecule has 108 valence electrons. The summed E-state index contributed by atoms with van der Waals surface area (Å²) in [7, 11) is 0. The van der Waals surface area contributed by atoms with E-state index in [-0.39, 0.29) is 30.5 Å². The summed E-state index contributed by atoms with van der Waals surface area (Å²) >= 11 is 0. The molecule has 1 fully saturated rings. The predicted octanol–water partition coefficient (Wildman–Crippen LogP) is 0.847. The average molecular weight is 281 g/mol. The summed E-state index contributed by atoms with van der Waals surface area (Å²) in [5, 5.41) is 2.81. The fourth-order valence-corrected chi connectivity index (χ4v) is 1.68. The fraction of sp³-hybridized carbons (Fsp3) is 0.917. The van der Waals surface area contributed by atoms with Crippen molar-refractivity contribution < 1.29 is 14.3 Å². The highest BCUT2D eigenvalue weighted by Gasteiger charge is 2.15. The number of ether oxygens (including phenoxy) is 2. The summed E-state index contributed by atoms with van der Waals surface area (Å²) in [6.45, 7) is 4.47. The summed E-state index contributed by atoms with van der Waals surface area (Å²) in [6, 6.07) is 0.131. The van der Waals surface area contributed by atoms with E-state index in [0.29, 0.717) is 26.2 Å². The summed E-state index contributed by atoms with van der Waals surface area (Å²) in [5.74, 6) is 0.0259. The Morgan fingerprint density at radius 3 is 3.00 bits per heavy atom. The van der Waals surface area contributed by atoms with Gasteiger partial charge in [-0.15, -0.1) is 12.4 Å². The number of carbonyl (C=O) groups is 1. The van der Waals surface area contributed by atoms with E-state index in [1.54, 1.807) is 0 Å². The number of hydrogen-bond donors (Lipinski definition) is 2. The van der Waals surface area contributed by atoms with Crippen LogP contribution < -0.4 is 11.1 Å². The molecule has 1 heterocycles. The van der Waals surface area contributed by atoms with E-state index in [4.69, 9.17) is 15.2 Å². The third-order valence-electron chi connectivity index (χ3n) is 2.72. The van der Waals surface area contributed by atoms with E-state index in [1.807, 2.05) is 6.92 Å². The second-order valence-electron chi connectivity index (χ2n) is 4.58. The number of nitrogens with two attached hydrogens (primary N) is 1. The van der Waals surface area contributed by atoms with Crippen LogP contribution in [-0.2, 0) is 14.3 Å². The van der Waals surface area contributed by atoms with Crippen LogP contribution in [0.15, 0.2) is 0 Å². The standard InChI is InChI=1S/C12H24N2O3.ClH/c1-10(13)4-6-14-12(15)5-8-16-9-11-3-2-7-17-11;/h10-11H,2-9,13H2,1H3,(H,14,15);1H. The van der Waals surface area contributed by atoms with Crippen molar-refractivity contribution in [1.29, 1.82) is 0 Å². The minimum Gasteiger partial charge on any atom is -0.378 e. The first-order valence-electron chi connectivity index (χ1n) is 6.40. The lowest BCUT2D eigenvalue weighted by atomic mass is 10.2. The average Bonchev–Trinajstić information content (AvgIpc) is 2.76. The van der Waals surface area contributed by atoms with Gasteiger partial charge in [-0.3, -0.25) is 4.79 Å². The molecular formula is C12H25ClN2O3. The van der Waals surface area contributed by atoms with E-state index in [0.717, 1.165) is 25.9 Å². The largest absolute Gasteiger partial charge is 0.378 e. The van der Waals surface area contributed by atoms with Gasteiger partial charge in [-0.25, -0.2) is 0 Å². The van der Waals surface area contributed by atoms with E-state index >= 15 is 0 Å². The molecule has 3 N–H and O–H groups in total. The van der Waals surface area contributed by atoms with E-state index in [9.17, 15) is 4.79 Å². The lowest BCUT2D eigenvalue weighted by Gasteiger charge is -2.10. The van der Waals surface area contributed by atoms with Gasteiger partial charge >= 0.3 is 0 Å². The highest BCUT2D eigenvalue weighted by atomic mass is 35.5. The lowest BCUT2D eigenvalue weighted by Crippen LogP contribution is -2.29. The van der Waals surface area contributed by atoms with E-state index < -0.39 is 0 Å². The predicted molar refractivity (Wildman–Crippen MR) is 72.9 cm³/mol. The monoisotopic (exact) mass is 280 g/mol. The second kappa shape index (κ2) is 10.6. The first kappa shape index (κ1) is 17.6. The van der Waals surface area contributed by atoms with Gasteiger partial charge in [0.15, 0.2) is 0 Å². The molecule has 1 aliphatic heterocycles. The number of nitrogens with one attached hydrogen (secondary N) is 1. The highest BCUT2D eigenvalue weighted by molar-refractivity contribution is 5.85. The molecule has 1 amide bonds. The fourth-order valence-electron chi connectivity index (χ4n) is 1.68. The van der Waals surface area contributed by atoms with Crippen LogP contribution >= 0.6 is 12.4 Å².